The molecule has 1 aromatic heterocycles. The number of halogens is 2. The Morgan fingerprint density at radius 3 is 2.69 bits per heavy atom. The molecule has 0 spiro atoms. The molecule has 0 saturated heterocycles. The van der Waals surface area contributed by atoms with Gasteiger partial charge in [-0.25, -0.2) is 8.42 Å². The summed E-state index contributed by atoms with van der Waals surface area (Å²) in [7, 11) is -1.72. The van der Waals surface area contributed by atoms with E-state index in [1.807, 2.05) is 0 Å². The van der Waals surface area contributed by atoms with Gasteiger partial charge < -0.3 is 0 Å². The molecule has 0 atom stereocenters. The van der Waals surface area contributed by atoms with Gasteiger partial charge in [0.1, 0.15) is 4.90 Å². The second-order valence-electron chi connectivity index (χ2n) is 3.74. The molecule has 0 aromatic carbocycles. The summed E-state index contributed by atoms with van der Waals surface area (Å²) in [6.45, 7) is 0. The molecule has 16 heavy (non-hydrogen) atoms. The van der Waals surface area contributed by atoms with Gasteiger partial charge in [0.05, 0.1) is 9.67 Å². The van der Waals surface area contributed by atoms with Crippen LogP contribution in [0.1, 0.15) is 17.7 Å². The fourth-order valence-electron chi connectivity index (χ4n) is 1.43. The third-order valence-corrected chi connectivity index (χ3v) is 7.16. The third kappa shape index (κ3) is 2.31. The first-order valence-electron chi connectivity index (χ1n) is 4.79. The maximum Gasteiger partial charge on any atom is 0.245 e. The van der Waals surface area contributed by atoms with Crippen LogP contribution in [0, 0.1) is 0 Å². The fraction of sp³-hybridized carbons (Fsp3) is 0.556. The molecule has 1 aliphatic carbocycles. The lowest BCUT2D eigenvalue weighted by Gasteiger charge is -2.15. The Morgan fingerprint density at radius 1 is 1.62 bits per heavy atom. The highest BCUT2D eigenvalue weighted by Crippen LogP contribution is 2.37. The summed E-state index contributed by atoms with van der Waals surface area (Å²) in [5.74, 6) is 0.339. The zero-order valence-corrected chi connectivity index (χ0v) is 12.6. The monoisotopic (exact) mass is 343 g/mol. The van der Waals surface area contributed by atoms with Crippen LogP contribution >= 0.6 is 38.9 Å². The highest BCUT2D eigenvalue weighted by molar-refractivity contribution is 9.11. The van der Waals surface area contributed by atoms with Crippen LogP contribution in [0.3, 0.4) is 0 Å². The van der Waals surface area contributed by atoms with Crippen molar-refractivity contribution in [2.24, 2.45) is 0 Å². The minimum Gasteiger partial charge on any atom is -0.207 e. The van der Waals surface area contributed by atoms with Gasteiger partial charge in [0, 0.05) is 18.0 Å². The predicted molar refractivity (Wildman–Crippen MR) is 69.5 cm³/mol. The van der Waals surface area contributed by atoms with Crippen molar-refractivity contribution in [3.05, 3.63) is 14.7 Å². The van der Waals surface area contributed by atoms with E-state index in [0.29, 0.717) is 14.6 Å². The van der Waals surface area contributed by atoms with E-state index in [1.54, 1.807) is 13.1 Å². The minimum absolute atomic E-state index is 0.177. The molecule has 1 aromatic rings. The smallest absolute Gasteiger partial charge is 0.207 e. The quantitative estimate of drug-likeness (QED) is 0.787. The van der Waals surface area contributed by atoms with Crippen LogP contribution < -0.4 is 0 Å². The van der Waals surface area contributed by atoms with Gasteiger partial charge in [-0.05, 0) is 34.8 Å². The van der Waals surface area contributed by atoms with Crippen LogP contribution in [0.25, 0.3) is 0 Å². The first kappa shape index (κ1) is 12.8. The Labute approximate surface area is 113 Å². The van der Waals surface area contributed by atoms with Gasteiger partial charge in [0.2, 0.25) is 10.0 Å². The molecule has 0 aliphatic heterocycles. The van der Waals surface area contributed by atoms with Crippen molar-refractivity contribution in [1.29, 1.82) is 0 Å². The van der Waals surface area contributed by atoms with Crippen LogP contribution in [-0.2, 0) is 15.9 Å². The zero-order chi connectivity index (χ0) is 11.9. The summed E-state index contributed by atoms with van der Waals surface area (Å²) in [6, 6.07) is 1.83. The van der Waals surface area contributed by atoms with E-state index in [-0.39, 0.29) is 6.04 Å². The summed E-state index contributed by atoms with van der Waals surface area (Å²) < 4.78 is 26.5. The van der Waals surface area contributed by atoms with Crippen molar-refractivity contribution in [2.45, 2.75) is 29.7 Å². The van der Waals surface area contributed by atoms with Crippen molar-refractivity contribution in [1.82, 2.24) is 4.31 Å². The number of thiophene rings is 1. The molecule has 7 heteroatoms. The molecule has 3 nitrogen and oxygen atoms in total. The maximum atomic E-state index is 12.2. The fourth-order valence-corrected chi connectivity index (χ4v) is 5.57. The summed E-state index contributed by atoms with van der Waals surface area (Å²) in [4.78, 5) is 1.19. The number of hydrogen-bond donors (Lipinski definition) is 0. The van der Waals surface area contributed by atoms with Gasteiger partial charge in [-0.3, -0.25) is 0 Å². The SMILES string of the molecule is CN(C1CC1)S(=O)(=O)c1cc(CCl)sc1Br. The van der Waals surface area contributed by atoms with Gasteiger partial charge in [0.15, 0.2) is 0 Å². The lowest BCUT2D eigenvalue weighted by Crippen LogP contribution is -2.28. The lowest BCUT2D eigenvalue weighted by molar-refractivity contribution is 0.464. The van der Waals surface area contributed by atoms with E-state index in [4.69, 9.17) is 11.6 Å². The van der Waals surface area contributed by atoms with Gasteiger partial charge >= 0.3 is 0 Å². The van der Waals surface area contributed by atoms with E-state index in [1.165, 1.54) is 15.6 Å². The Balaban J connectivity index is 2.37. The van der Waals surface area contributed by atoms with E-state index in [0.717, 1.165) is 17.7 Å². The Morgan fingerprint density at radius 2 is 2.25 bits per heavy atom. The van der Waals surface area contributed by atoms with Crippen LogP contribution in [0.2, 0.25) is 0 Å². The first-order valence-corrected chi connectivity index (χ1v) is 8.37. The molecular weight excluding hydrogens is 334 g/mol. The van der Waals surface area contributed by atoms with Crippen molar-refractivity contribution < 1.29 is 8.42 Å². The average Bonchev–Trinajstić information content (AvgIpc) is 3.00. The number of nitrogens with zero attached hydrogens (tertiary/aromatic N) is 1. The normalized spacial score (nSPS) is 17.0. The first-order chi connectivity index (χ1) is 7.46. The Bertz CT molecular complexity index is 496. The lowest BCUT2D eigenvalue weighted by atomic mass is 10.5. The van der Waals surface area contributed by atoms with Crippen molar-refractivity contribution in [2.75, 3.05) is 7.05 Å². The molecule has 0 radical (unpaired) electrons. The topological polar surface area (TPSA) is 37.4 Å². The van der Waals surface area contributed by atoms with Gasteiger partial charge in [-0.1, -0.05) is 0 Å². The van der Waals surface area contributed by atoms with Crippen molar-refractivity contribution >= 4 is 48.9 Å². The van der Waals surface area contributed by atoms with Gasteiger partial charge in [-0.2, -0.15) is 4.31 Å². The van der Waals surface area contributed by atoms with E-state index in [2.05, 4.69) is 15.9 Å². The maximum absolute atomic E-state index is 12.2. The second-order valence-corrected chi connectivity index (χ2v) is 8.42. The second kappa shape index (κ2) is 4.57. The van der Waals surface area contributed by atoms with E-state index < -0.39 is 10.0 Å². The molecule has 1 aliphatic rings. The summed E-state index contributed by atoms with van der Waals surface area (Å²) in [6.07, 6.45) is 1.92. The molecule has 1 fully saturated rings. The standard InChI is InChI=1S/C9H11BrClNO2S2/c1-12(6-2-3-6)16(13,14)8-4-7(5-11)15-9(8)10/h4,6H,2-3,5H2,1H3. The average molecular weight is 345 g/mol. The highest BCUT2D eigenvalue weighted by Gasteiger charge is 2.36. The van der Waals surface area contributed by atoms with Gasteiger partial charge in [0.25, 0.3) is 0 Å². The minimum atomic E-state index is -3.36. The van der Waals surface area contributed by atoms with Crippen LogP contribution in [0.4, 0.5) is 0 Å². The molecule has 1 saturated carbocycles. The highest BCUT2D eigenvalue weighted by atomic mass is 79.9. The molecule has 1 heterocycles. The van der Waals surface area contributed by atoms with Crippen LogP contribution in [0.15, 0.2) is 14.7 Å². The number of hydrogen-bond acceptors (Lipinski definition) is 3. The van der Waals surface area contributed by atoms with Crippen molar-refractivity contribution in [3.63, 3.8) is 0 Å². The zero-order valence-electron chi connectivity index (χ0n) is 8.61. The molecule has 2 rings (SSSR count). The Hall–Kier alpha value is 0.380. The third-order valence-electron chi connectivity index (χ3n) is 2.56. The van der Waals surface area contributed by atoms with E-state index in [9.17, 15) is 8.42 Å². The summed E-state index contributed by atoms with van der Waals surface area (Å²) in [5.41, 5.74) is 0. The number of rotatable bonds is 4. The predicted octanol–water partition coefficient (Wildman–Crippen LogP) is 3.03. The summed E-state index contributed by atoms with van der Waals surface area (Å²) in [5, 5.41) is 0. The largest absolute Gasteiger partial charge is 0.245 e. The number of sulfonamides is 1. The molecule has 0 bridgehead atoms. The van der Waals surface area contributed by atoms with Crippen LogP contribution in [0.5, 0.6) is 0 Å². The van der Waals surface area contributed by atoms with Crippen molar-refractivity contribution in [3.8, 4) is 0 Å². The van der Waals surface area contributed by atoms with Crippen LogP contribution in [-0.4, -0.2) is 25.8 Å². The molecule has 0 amide bonds. The van der Waals surface area contributed by atoms with Gasteiger partial charge in [-0.15, -0.1) is 22.9 Å². The molecule has 0 unspecified atom stereocenters. The Kier molecular flexibility index (Phi) is 3.66. The summed E-state index contributed by atoms with van der Waals surface area (Å²) >= 11 is 10.4. The molecule has 90 valence electrons. The van der Waals surface area contributed by atoms with E-state index >= 15 is 0 Å². The molecule has 0 N–H and O–H groups in total. The number of alkyl halides is 1. The molecular formula is C9H11BrClNO2S2.